The van der Waals surface area contributed by atoms with Crippen LogP contribution in [0.25, 0.3) is 11.1 Å². The number of amides is 2. The molecule has 3 aromatic rings. The normalized spacial score (nSPS) is 12.9. The van der Waals surface area contributed by atoms with Gasteiger partial charge in [-0.2, -0.15) is 0 Å². The Morgan fingerprint density at radius 3 is 2.00 bits per heavy atom. The van der Waals surface area contributed by atoms with Crippen molar-refractivity contribution in [3.8, 4) is 11.1 Å². The maximum Gasteiger partial charge on any atom is 0.363 e. The third-order valence-corrected chi connectivity index (χ3v) is 4.38. The van der Waals surface area contributed by atoms with Gasteiger partial charge in [0.15, 0.2) is 0 Å². The predicted octanol–water partition coefficient (Wildman–Crippen LogP) is 4.03. The molecule has 4 rings (SSSR count). The van der Waals surface area contributed by atoms with Crippen molar-refractivity contribution in [2.45, 2.75) is 6.92 Å². The molecule has 0 spiro atoms. The van der Waals surface area contributed by atoms with E-state index in [9.17, 15) is 14.4 Å². The summed E-state index contributed by atoms with van der Waals surface area (Å²) < 4.78 is 0. The molecule has 0 atom stereocenters. The molecule has 5 nitrogen and oxygen atoms in total. The van der Waals surface area contributed by atoms with Gasteiger partial charge in [0.25, 0.3) is 11.8 Å². The van der Waals surface area contributed by atoms with Gasteiger partial charge in [-0.25, -0.2) is 4.79 Å². The van der Waals surface area contributed by atoms with E-state index in [1.54, 1.807) is 30.3 Å². The zero-order valence-electron chi connectivity index (χ0n) is 14.5. The van der Waals surface area contributed by atoms with Crippen molar-refractivity contribution in [1.29, 1.82) is 0 Å². The Morgan fingerprint density at radius 1 is 0.778 bits per heavy atom. The highest BCUT2D eigenvalue weighted by Crippen LogP contribution is 2.25. The second-order valence-electron chi connectivity index (χ2n) is 6.28. The summed E-state index contributed by atoms with van der Waals surface area (Å²) in [6, 6.07) is 21.1. The zero-order chi connectivity index (χ0) is 19.0. The second-order valence-corrected chi connectivity index (χ2v) is 6.28. The molecule has 0 aliphatic carbocycles. The van der Waals surface area contributed by atoms with Crippen molar-refractivity contribution < 1.29 is 19.2 Å². The van der Waals surface area contributed by atoms with Crippen LogP contribution in [0.5, 0.6) is 0 Å². The molecule has 0 unspecified atom stereocenters. The SMILES string of the molecule is Cc1cccc(-c2cccc(C(=O)ON3C(=O)c4ccccc4C3=O)c2)c1. The molecule has 0 aromatic heterocycles. The minimum Gasteiger partial charge on any atom is -0.324 e. The zero-order valence-corrected chi connectivity index (χ0v) is 14.5. The summed E-state index contributed by atoms with van der Waals surface area (Å²) in [4.78, 5) is 42.3. The van der Waals surface area contributed by atoms with Crippen molar-refractivity contribution in [1.82, 2.24) is 5.06 Å². The van der Waals surface area contributed by atoms with Crippen LogP contribution in [-0.4, -0.2) is 22.8 Å². The van der Waals surface area contributed by atoms with Gasteiger partial charge in [0.1, 0.15) is 0 Å². The predicted molar refractivity (Wildman–Crippen MR) is 99.0 cm³/mol. The molecule has 0 saturated carbocycles. The first-order valence-electron chi connectivity index (χ1n) is 8.42. The van der Waals surface area contributed by atoms with E-state index in [2.05, 4.69) is 0 Å². The molecule has 0 fully saturated rings. The van der Waals surface area contributed by atoms with Gasteiger partial charge in [0.05, 0.1) is 16.7 Å². The van der Waals surface area contributed by atoms with Crippen LogP contribution < -0.4 is 0 Å². The fraction of sp³-hybridized carbons (Fsp3) is 0.0455. The molecule has 1 heterocycles. The van der Waals surface area contributed by atoms with Crippen LogP contribution in [0.1, 0.15) is 36.6 Å². The second kappa shape index (κ2) is 6.53. The molecule has 0 N–H and O–H groups in total. The topological polar surface area (TPSA) is 63.7 Å². The molecule has 0 bridgehead atoms. The highest BCUT2D eigenvalue weighted by atomic mass is 16.7. The van der Waals surface area contributed by atoms with Crippen molar-refractivity contribution in [3.05, 3.63) is 95.1 Å². The number of imide groups is 1. The first-order chi connectivity index (χ1) is 13.0. The van der Waals surface area contributed by atoms with Gasteiger partial charge in [-0.1, -0.05) is 59.2 Å². The molecule has 3 aromatic carbocycles. The lowest BCUT2D eigenvalue weighted by Gasteiger charge is -2.13. The Morgan fingerprint density at radius 2 is 1.37 bits per heavy atom. The molecule has 132 valence electrons. The van der Waals surface area contributed by atoms with Gasteiger partial charge >= 0.3 is 5.97 Å². The van der Waals surface area contributed by atoms with E-state index in [1.807, 2.05) is 37.3 Å². The van der Waals surface area contributed by atoms with Crippen molar-refractivity contribution in [2.24, 2.45) is 0 Å². The number of hydrogen-bond acceptors (Lipinski definition) is 4. The quantitative estimate of drug-likeness (QED) is 0.664. The summed E-state index contributed by atoms with van der Waals surface area (Å²) in [5.74, 6) is -2.04. The summed E-state index contributed by atoms with van der Waals surface area (Å²) in [7, 11) is 0. The van der Waals surface area contributed by atoms with E-state index in [1.165, 1.54) is 12.1 Å². The molecule has 1 aliphatic heterocycles. The Hall–Kier alpha value is -3.73. The van der Waals surface area contributed by atoms with Crippen LogP contribution in [0.15, 0.2) is 72.8 Å². The lowest BCUT2D eigenvalue weighted by Crippen LogP contribution is -2.32. The highest BCUT2D eigenvalue weighted by molar-refractivity contribution is 6.21. The number of carbonyl (C=O) groups is 3. The number of rotatable bonds is 3. The van der Waals surface area contributed by atoms with Gasteiger partial charge in [0.2, 0.25) is 0 Å². The Balaban J connectivity index is 1.59. The van der Waals surface area contributed by atoms with Crippen LogP contribution >= 0.6 is 0 Å². The number of fused-ring (bicyclic) bond motifs is 1. The summed E-state index contributed by atoms with van der Waals surface area (Å²) in [5, 5.41) is 0.520. The van der Waals surface area contributed by atoms with Gasteiger partial charge in [-0.15, -0.1) is 0 Å². The van der Waals surface area contributed by atoms with Gasteiger partial charge in [-0.3, -0.25) is 9.59 Å². The molecule has 0 saturated heterocycles. The third kappa shape index (κ3) is 3.00. The first-order valence-corrected chi connectivity index (χ1v) is 8.42. The lowest BCUT2D eigenvalue weighted by molar-refractivity contribution is -0.0584. The molecule has 27 heavy (non-hydrogen) atoms. The smallest absolute Gasteiger partial charge is 0.324 e. The Kier molecular flexibility index (Phi) is 4.05. The molecule has 0 radical (unpaired) electrons. The molecule has 5 heteroatoms. The number of benzene rings is 3. The van der Waals surface area contributed by atoms with E-state index >= 15 is 0 Å². The highest BCUT2D eigenvalue weighted by Gasteiger charge is 2.38. The van der Waals surface area contributed by atoms with Crippen LogP contribution in [0.4, 0.5) is 0 Å². The van der Waals surface area contributed by atoms with Gasteiger partial charge < -0.3 is 4.84 Å². The van der Waals surface area contributed by atoms with Crippen molar-refractivity contribution in [3.63, 3.8) is 0 Å². The fourth-order valence-corrected chi connectivity index (χ4v) is 3.04. The third-order valence-electron chi connectivity index (χ3n) is 4.38. The minimum absolute atomic E-state index is 0.226. The van der Waals surface area contributed by atoms with Crippen molar-refractivity contribution in [2.75, 3.05) is 0 Å². The van der Waals surface area contributed by atoms with Crippen LogP contribution in [0.3, 0.4) is 0 Å². The number of aryl methyl sites for hydroxylation is 1. The van der Waals surface area contributed by atoms with E-state index in [0.29, 0.717) is 5.06 Å². The maximum absolute atomic E-state index is 12.5. The first kappa shape index (κ1) is 16.7. The number of hydroxylamine groups is 2. The summed E-state index contributed by atoms with van der Waals surface area (Å²) in [6.07, 6.45) is 0. The van der Waals surface area contributed by atoms with Crippen LogP contribution in [0.2, 0.25) is 0 Å². The van der Waals surface area contributed by atoms with E-state index in [0.717, 1.165) is 16.7 Å². The molecular weight excluding hydrogens is 342 g/mol. The maximum atomic E-state index is 12.5. The lowest BCUT2D eigenvalue weighted by atomic mass is 10.0. The number of nitrogens with zero attached hydrogens (tertiary/aromatic N) is 1. The van der Waals surface area contributed by atoms with Crippen LogP contribution in [-0.2, 0) is 4.84 Å². The van der Waals surface area contributed by atoms with Gasteiger partial charge in [0, 0.05) is 0 Å². The van der Waals surface area contributed by atoms with Gasteiger partial charge in [-0.05, 0) is 42.3 Å². The van der Waals surface area contributed by atoms with E-state index in [-0.39, 0.29) is 16.7 Å². The Bertz CT molecular complexity index is 1050. The molecule has 1 aliphatic rings. The van der Waals surface area contributed by atoms with E-state index in [4.69, 9.17) is 4.84 Å². The summed E-state index contributed by atoms with van der Waals surface area (Å²) >= 11 is 0. The fourth-order valence-electron chi connectivity index (χ4n) is 3.04. The number of carbonyl (C=O) groups excluding carboxylic acids is 3. The molecule has 2 amide bonds. The molecular formula is C22H15NO4. The summed E-state index contributed by atoms with van der Waals surface area (Å²) in [5.41, 5.74) is 3.62. The Labute approximate surface area is 155 Å². The number of hydrogen-bond donors (Lipinski definition) is 0. The minimum atomic E-state index is -0.765. The monoisotopic (exact) mass is 357 g/mol. The average molecular weight is 357 g/mol. The largest absolute Gasteiger partial charge is 0.363 e. The standard InChI is InChI=1S/C22H15NO4/c1-14-6-4-7-15(12-14)16-8-5-9-17(13-16)22(26)27-23-20(24)18-10-2-3-11-19(18)21(23)25/h2-13H,1H3. The summed E-state index contributed by atoms with van der Waals surface area (Å²) in [6.45, 7) is 1.99. The van der Waals surface area contributed by atoms with Crippen molar-refractivity contribution >= 4 is 17.8 Å². The van der Waals surface area contributed by atoms with E-state index < -0.39 is 17.8 Å². The average Bonchev–Trinajstić information content (AvgIpc) is 2.93. The van der Waals surface area contributed by atoms with Crippen LogP contribution in [0, 0.1) is 6.92 Å².